The predicted octanol–water partition coefficient (Wildman–Crippen LogP) is 1.87. The topological polar surface area (TPSA) is 29.1 Å². The molecule has 2 nitrogen and oxygen atoms in total. The average Bonchev–Trinajstić information content (AvgIpc) is 1.97. The lowest BCUT2D eigenvalue weighted by Gasteiger charge is -2.00. The molecule has 0 saturated carbocycles. The minimum absolute atomic E-state index is 0.353. The van der Waals surface area contributed by atoms with Gasteiger partial charge in [-0.3, -0.25) is 4.79 Å². The molecule has 0 rings (SSSR count). The van der Waals surface area contributed by atoms with Gasteiger partial charge in [-0.1, -0.05) is 42.3 Å². The number of halogens is 2. The van der Waals surface area contributed by atoms with Crippen molar-refractivity contribution in [3.05, 3.63) is 12.2 Å². The zero-order chi connectivity index (χ0) is 8.69. The van der Waals surface area contributed by atoms with Crippen LogP contribution in [0, 0.1) is 0 Å². The van der Waals surface area contributed by atoms with Crippen LogP contribution in [0.15, 0.2) is 12.2 Å². The fourth-order valence-electron chi connectivity index (χ4n) is 0.487. The van der Waals surface area contributed by atoms with Crippen LogP contribution in [0.1, 0.15) is 13.3 Å². The summed E-state index contributed by atoms with van der Waals surface area (Å²) in [7, 11) is 0. The Morgan fingerprint density at radius 3 is 2.64 bits per heavy atom. The van der Waals surface area contributed by atoms with Crippen molar-refractivity contribution in [2.45, 2.75) is 18.2 Å². The van der Waals surface area contributed by atoms with Gasteiger partial charge in [0, 0.05) is 6.54 Å². The highest BCUT2D eigenvalue weighted by Crippen LogP contribution is 1.99. The van der Waals surface area contributed by atoms with Gasteiger partial charge in [0.05, 0.1) is 0 Å². The summed E-state index contributed by atoms with van der Waals surface area (Å²) >= 11 is 10.5. The van der Waals surface area contributed by atoms with Gasteiger partial charge < -0.3 is 5.32 Å². The fraction of sp³-hybridized carbons (Fsp3) is 0.571. The quantitative estimate of drug-likeness (QED) is 0.539. The first kappa shape index (κ1) is 10.8. The largest absolute Gasteiger partial charge is 0.350 e. The second-order valence-electron chi connectivity index (χ2n) is 1.93. The summed E-state index contributed by atoms with van der Waals surface area (Å²) in [6.07, 6.45) is 4.77. The third-order valence-electron chi connectivity index (χ3n) is 0.995. The highest BCUT2D eigenvalue weighted by atomic mass is 35.5. The lowest BCUT2D eigenvalue weighted by Crippen LogP contribution is -2.28. The molecule has 0 aliphatic carbocycles. The number of alkyl halides is 2. The number of rotatable bonds is 4. The predicted molar refractivity (Wildman–Crippen MR) is 47.9 cm³/mol. The molecule has 0 bridgehead atoms. The Hall–Kier alpha value is -0.210. The number of amides is 1. The standard InChI is InChI=1S/C7H11Cl2NO/c1-2-3-4-5-10-7(11)6(8)9/h3-4,6H,2,5H2,1H3,(H,10,11). The smallest absolute Gasteiger partial charge is 0.253 e. The van der Waals surface area contributed by atoms with Gasteiger partial charge in [0.2, 0.25) is 0 Å². The van der Waals surface area contributed by atoms with E-state index in [9.17, 15) is 4.79 Å². The summed E-state index contributed by atoms with van der Waals surface area (Å²) in [6.45, 7) is 2.51. The molecule has 64 valence electrons. The van der Waals surface area contributed by atoms with E-state index in [1.807, 2.05) is 19.1 Å². The summed E-state index contributed by atoms with van der Waals surface area (Å²) in [5.41, 5.74) is 0. The molecule has 0 unspecified atom stereocenters. The molecule has 1 N–H and O–H groups in total. The van der Waals surface area contributed by atoms with Crippen molar-refractivity contribution in [2.24, 2.45) is 0 Å². The molecule has 1 amide bonds. The van der Waals surface area contributed by atoms with Crippen molar-refractivity contribution in [1.29, 1.82) is 0 Å². The van der Waals surface area contributed by atoms with Crippen LogP contribution in [0.5, 0.6) is 0 Å². The zero-order valence-corrected chi connectivity index (χ0v) is 7.82. The Balaban J connectivity index is 3.39. The first-order valence-corrected chi connectivity index (χ1v) is 4.26. The maximum atomic E-state index is 10.7. The number of hydrogen-bond donors (Lipinski definition) is 1. The van der Waals surface area contributed by atoms with Crippen molar-refractivity contribution >= 4 is 29.1 Å². The van der Waals surface area contributed by atoms with Gasteiger partial charge in [-0.2, -0.15) is 0 Å². The van der Waals surface area contributed by atoms with Crippen LogP contribution in [0.25, 0.3) is 0 Å². The highest BCUT2D eigenvalue weighted by Gasteiger charge is 2.08. The Bertz CT molecular complexity index is 145. The molecular weight excluding hydrogens is 185 g/mol. The fourth-order valence-corrected chi connectivity index (χ4v) is 0.641. The molecule has 0 aliphatic heterocycles. The SMILES string of the molecule is CCC=CCNC(=O)C(Cl)Cl. The van der Waals surface area contributed by atoms with E-state index in [4.69, 9.17) is 23.2 Å². The second kappa shape index (κ2) is 6.50. The summed E-state index contributed by atoms with van der Waals surface area (Å²) in [4.78, 5) is 9.73. The van der Waals surface area contributed by atoms with Gasteiger partial charge in [0.15, 0.2) is 4.84 Å². The lowest BCUT2D eigenvalue weighted by molar-refractivity contribution is -0.119. The minimum Gasteiger partial charge on any atom is -0.350 e. The summed E-state index contributed by atoms with van der Waals surface area (Å²) in [5, 5.41) is 2.53. The Kier molecular flexibility index (Phi) is 6.37. The molecule has 11 heavy (non-hydrogen) atoms. The minimum atomic E-state index is -0.968. The maximum Gasteiger partial charge on any atom is 0.253 e. The molecule has 0 aromatic heterocycles. The van der Waals surface area contributed by atoms with E-state index in [-0.39, 0.29) is 5.91 Å². The van der Waals surface area contributed by atoms with Crippen molar-refractivity contribution in [3.63, 3.8) is 0 Å². The third-order valence-corrected chi connectivity index (χ3v) is 1.39. The van der Waals surface area contributed by atoms with Crippen LogP contribution in [-0.2, 0) is 4.79 Å². The molecule has 0 aliphatic rings. The van der Waals surface area contributed by atoms with Gasteiger partial charge in [-0.25, -0.2) is 0 Å². The van der Waals surface area contributed by atoms with Crippen LogP contribution in [0.3, 0.4) is 0 Å². The number of hydrogen-bond acceptors (Lipinski definition) is 1. The highest BCUT2D eigenvalue weighted by molar-refractivity contribution is 6.53. The first-order valence-electron chi connectivity index (χ1n) is 3.39. The molecule has 4 heteroatoms. The van der Waals surface area contributed by atoms with Crippen molar-refractivity contribution in [1.82, 2.24) is 5.32 Å². The zero-order valence-electron chi connectivity index (χ0n) is 6.31. The van der Waals surface area contributed by atoms with E-state index in [0.29, 0.717) is 6.54 Å². The van der Waals surface area contributed by atoms with Crippen LogP contribution >= 0.6 is 23.2 Å². The van der Waals surface area contributed by atoms with Gasteiger partial charge in [0.25, 0.3) is 5.91 Å². The van der Waals surface area contributed by atoms with Crippen molar-refractivity contribution in [2.75, 3.05) is 6.54 Å². The first-order chi connectivity index (χ1) is 5.18. The second-order valence-corrected chi connectivity index (χ2v) is 3.02. The lowest BCUT2D eigenvalue weighted by atomic mass is 10.4. The average molecular weight is 196 g/mol. The summed E-state index contributed by atoms with van der Waals surface area (Å²) in [5.74, 6) is -0.353. The number of allylic oxidation sites excluding steroid dienone is 1. The van der Waals surface area contributed by atoms with Crippen LogP contribution in [0.4, 0.5) is 0 Å². The van der Waals surface area contributed by atoms with E-state index in [0.717, 1.165) is 6.42 Å². The van der Waals surface area contributed by atoms with Gasteiger partial charge in [-0.15, -0.1) is 0 Å². The number of carbonyl (C=O) groups is 1. The van der Waals surface area contributed by atoms with Crippen molar-refractivity contribution < 1.29 is 4.79 Å². The Morgan fingerprint density at radius 2 is 2.18 bits per heavy atom. The van der Waals surface area contributed by atoms with E-state index in [1.165, 1.54) is 0 Å². The van der Waals surface area contributed by atoms with Gasteiger partial charge in [-0.05, 0) is 6.42 Å². The summed E-state index contributed by atoms with van der Waals surface area (Å²) in [6, 6.07) is 0. The monoisotopic (exact) mass is 195 g/mol. The van der Waals surface area contributed by atoms with Crippen LogP contribution < -0.4 is 5.32 Å². The number of nitrogens with one attached hydrogen (secondary N) is 1. The molecule has 0 radical (unpaired) electrons. The molecule has 0 atom stereocenters. The van der Waals surface area contributed by atoms with Gasteiger partial charge in [0.1, 0.15) is 0 Å². The van der Waals surface area contributed by atoms with E-state index >= 15 is 0 Å². The molecule has 0 aromatic carbocycles. The third kappa shape index (κ3) is 6.20. The molecule has 0 fully saturated rings. The number of carbonyl (C=O) groups excluding carboxylic acids is 1. The van der Waals surface area contributed by atoms with Crippen LogP contribution in [0.2, 0.25) is 0 Å². The van der Waals surface area contributed by atoms with E-state index in [1.54, 1.807) is 0 Å². The van der Waals surface area contributed by atoms with E-state index in [2.05, 4.69) is 5.32 Å². The normalized spacial score (nSPS) is 10.9. The van der Waals surface area contributed by atoms with Gasteiger partial charge >= 0.3 is 0 Å². The Labute approximate surface area is 76.6 Å². The Morgan fingerprint density at radius 1 is 1.55 bits per heavy atom. The molecule has 0 aromatic rings. The molecule has 0 spiro atoms. The maximum absolute atomic E-state index is 10.7. The molecular formula is C7H11Cl2NO. The molecule has 0 heterocycles. The summed E-state index contributed by atoms with van der Waals surface area (Å²) < 4.78 is 0. The van der Waals surface area contributed by atoms with Crippen LogP contribution in [-0.4, -0.2) is 17.3 Å². The van der Waals surface area contributed by atoms with Crippen molar-refractivity contribution in [3.8, 4) is 0 Å². The molecule has 0 saturated heterocycles. The van der Waals surface area contributed by atoms with E-state index < -0.39 is 4.84 Å².